The summed E-state index contributed by atoms with van der Waals surface area (Å²) in [6.45, 7) is 4.20. The van der Waals surface area contributed by atoms with Crippen molar-refractivity contribution < 1.29 is 4.74 Å². The van der Waals surface area contributed by atoms with Crippen molar-refractivity contribution >= 4 is 17.6 Å². The lowest BCUT2D eigenvalue weighted by atomic mass is 10.1. The second-order valence-corrected chi connectivity index (χ2v) is 5.65. The third-order valence-corrected chi connectivity index (χ3v) is 3.60. The molecule has 5 nitrogen and oxygen atoms in total. The Morgan fingerprint density at radius 1 is 1.21 bits per heavy atom. The summed E-state index contributed by atoms with van der Waals surface area (Å²) in [7, 11) is 1.60. The molecule has 24 heavy (non-hydrogen) atoms. The number of hydrogen-bond acceptors (Lipinski definition) is 3. The molecule has 2 aromatic rings. The van der Waals surface area contributed by atoms with Crippen LogP contribution < -0.4 is 15.4 Å². The first-order valence-corrected chi connectivity index (χ1v) is 8.34. The Balaban J connectivity index is 1.87. The highest BCUT2D eigenvalue weighted by atomic mass is 35.5. The number of pyridine rings is 1. The van der Waals surface area contributed by atoms with Crippen LogP contribution in [0.2, 0.25) is 5.02 Å². The minimum atomic E-state index is 0.559. The second kappa shape index (κ2) is 9.78. The van der Waals surface area contributed by atoms with E-state index in [1.807, 2.05) is 37.3 Å². The van der Waals surface area contributed by atoms with Gasteiger partial charge in [0.25, 0.3) is 0 Å². The number of rotatable bonds is 7. The fourth-order valence-corrected chi connectivity index (χ4v) is 2.37. The number of hydrogen-bond donors (Lipinski definition) is 2. The lowest BCUT2D eigenvalue weighted by Gasteiger charge is -2.11. The van der Waals surface area contributed by atoms with Crippen molar-refractivity contribution in [3.8, 4) is 5.88 Å². The molecule has 0 aliphatic rings. The number of guanidine groups is 1. The van der Waals surface area contributed by atoms with Crippen molar-refractivity contribution in [2.75, 3.05) is 20.2 Å². The number of aromatic nitrogens is 1. The van der Waals surface area contributed by atoms with Gasteiger partial charge in [0.05, 0.1) is 13.7 Å². The molecular formula is C18H23ClN4O. The first-order valence-electron chi connectivity index (χ1n) is 7.97. The van der Waals surface area contributed by atoms with E-state index in [1.165, 1.54) is 5.56 Å². The molecule has 1 heterocycles. The van der Waals surface area contributed by atoms with Crippen LogP contribution in [-0.4, -0.2) is 31.1 Å². The maximum atomic E-state index is 6.00. The van der Waals surface area contributed by atoms with Gasteiger partial charge < -0.3 is 15.4 Å². The van der Waals surface area contributed by atoms with Gasteiger partial charge in [0.15, 0.2) is 5.96 Å². The summed E-state index contributed by atoms with van der Waals surface area (Å²) in [6.07, 6.45) is 2.66. The van der Waals surface area contributed by atoms with E-state index in [-0.39, 0.29) is 0 Å². The Morgan fingerprint density at radius 3 is 2.75 bits per heavy atom. The quantitative estimate of drug-likeness (QED) is 0.597. The summed E-state index contributed by atoms with van der Waals surface area (Å²) in [5.41, 5.74) is 2.23. The predicted octanol–water partition coefficient (Wildman–Crippen LogP) is 3.04. The minimum Gasteiger partial charge on any atom is -0.481 e. The summed E-state index contributed by atoms with van der Waals surface area (Å²) >= 11 is 6.00. The molecule has 2 N–H and O–H groups in total. The van der Waals surface area contributed by atoms with Crippen LogP contribution in [0.3, 0.4) is 0 Å². The molecule has 0 atom stereocenters. The zero-order valence-electron chi connectivity index (χ0n) is 14.1. The number of ether oxygens (including phenoxy) is 1. The van der Waals surface area contributed by atoms with Crippen molar-refractivity contribution in [3.63, 3.8) is 0 Å². The van der Waals surface area contributed by atoms with Gasteiger partial charge in [-0.25, -0.2) is 9.98 Å². The van der Waals surface area contributed by atoms with E-state index in [4.69, 9.17) is 16.3 Å². The van der Waals surface area contributed by atoms with Gasteiger partial charge in [-0.1, -0.05) is 29.8 Å². The molecule has 0 spiro atoms. The highest BCUT2D eigenvalue weighted by Gasteiger charge is 2.00. The number of nitrogens with one attached hydrogen (secondary N) is 2. The number of nitrogens with zero attached hydrogens (tertiary/aromatic N) is 2. The number of methoxy groups -OCH3 is 1. The monoisotopic (exact) mass is 346 g/mol. The average Bonchev–Trinajstić information content (AvgIpc) is 2.60. The third-order valence-electron chi connectivity index (χ3n) is 3.37. The molecule has 0 bridgehead atoms. The molecule has 0 amide bonds. The Labute approximate surface area is 148 Å². The van der Waals surface area contributed by atoms with Crippen molar-refractivity contribution in [1.82, 2.24) is 15.6 Å². The number of halogens is 1. The smallest absolute Gasteiger partial charge is 0.212 e. The molecule has 0 aliphatic heterocycles. The van der Waals surface area contributed by atoms with Crippen LogP contribution in [-0.2, 0) is 13.0 Å². The summed E-state index contributed by atoms with van der Waals surface area (Å²) in [6, 6.07) is 11.7. The Hall–Kier alpha value is -2.27. The normalized spacial score (nSPS) is 11.2. The molecule has 2 rings (SSSR count). The SMILES string of the molecule is CCNC(=NCc1ccc(OC)nc1)NCCc1cccc(Cl)c1. The summed E-state index contributed by atoms with van der Waals surface area (Å²) in [5.74, 6) is 1.39. The lowest BCUT2D eigenvalue weighted by molar-refractivity contribution is 0.397. The van der Waals surface area contributed by atoms with E-state index in [0.29, 0.717) is 12.4 Å². The van der Waals surface area contributed by atoms with E-state index in [2.05, 4.69) is 26.7 Å². The van der Waals surface area contributed by atoms with Crippen LogP contribution in [0.4, 0.5) is 0 Å². The second-order valence-electron chi connectivity index (χ2n) is 5.21. The van der Waals surface area contributed by atoms with E-state index < -0.39 is 0 Å². The van der Waals surface area contributed by atoms with E-state index >= 15 is 0 Å². The Bertz CT molecular complexity index is 658. The molecule has 0 saturated carbocycles. The molecule has 1 aromatic carbocycles. The van der Waals surface area contributed by atoms with Gasteiger partial charge in [-0.05, 0) is 36.6 Å². The molecule has 0 saturated heterocycles. The molecule has 128 valence electrons. The highest BCUT2D eigenvalue weighted by molar-refractivity contribution is 6.30. The number of benzene rings is 1. The maximum Gasteiger partial charge on any atom is 0.212 e. The molecule has 0 fully saturated rings. The van der Waals surface area contributed by atoms with Crippen molar-refractivity contribution in [2.24, 2.45) is 4.99 Å². The zero-order valence-corrected chi connectivity index (χ0v) is 14.8. The van der Waals surface area contributed by atoms with Crippen LogP contribution >= 0.6 is 11.6 Å². The topological polar surface area (TPSA) is 58.5 Å². The molecule has 6 heteroatoms. The van der Waals surface area contributed by atoms with Gasteiger partial charge in [0.1, 0.15) is 0 Å². The van der Waals surface area contributed by atoms with Crippen molar-refractivity contribution in [1.29, 1.82) is 0 Å². The molecule has 0 radical (unpaired) electrons. The standard InChI is InChI=1S/C18H23ClN4O/c1-3-20-18(21-10-9-14-5-4-6-16(19)11-14)23-13-15-7-8-17(24-2)22-12-15/h4-8,11-12H,3,9-10,13H2,1-2H3,(H2,20,21,23). The minimum absolute atomic E-state index is 0.559. The van der Waals surface area contributed by atoms with Gasteiger partial charge in [-0.2, -0.15) is 0 Å². The Kier molecular flexibility index (Phi) is 7.36. The maximum absolute atomic E-state index is 6.00. The lowest BCUT2D eigenvalue weighted by Crippen LogP contribution is -2.38. The van der Waals surface area contributed by atoms with Gasteiger partial charge >= 0.3 is 0 Å². The van der Waals surface area contributed by atoms with Crippen LogP contribution in [0.1, 0.15) is 18.1 Å². The third kappa shape index (κ3) is 6.08. The molecular weight excluding hydrogens is 324 g/mol. The first kappa shape index (κ1) is 18.1. The average molecular weight is 347 g/mol. The zero-order chi connectivity index (χ0) is 17.2. The highest BCUT2D eigenvalue weighted by Crippen LogP contribution is 2.10. The van der Waals surface area contributed by atoms with Crippen molar-refractivity contribution in [2.45, 2.75) is 19.9 Å². The summed E-state index contributed by atoms with van der Waals surface area (Å²) in [5, 5.41) is 7.34. The predicted molar refractivity (Wildman–Crippen MR) is 98.8 cm³/mol. The van der Waals surface area contributed by atoms with E-state index in [0.717, 1.165) is 36.1 Å². The van der Waals surface area contributed by atoms with E-state index in [1.54, 1.807) is 13.3 Å². The van der Waals surface area contributed by atoms with Crippen LogP contribution in [0.5, 0.6) is 5.88 Å². The first-order chi connectivity index (χ1) is 11.7. The summed E-state index contributed by atoms with van der Waals surface area (Å²) in [4.78, 5) is 8.76. The van der Waals surface area contributed by atoms with Crippen LogP contribution in [0.15, 0.2) is 47.6 Å². The Morgan fingerprint density at radius 2 is 2.08 bits per heavy atom. The van der Waals surface area contributed by atoms with Crippen LogP contribution in [0, 0.1) is 0 Å². The van der Waals surface area contributed by atoms with Gasteiger partial charge in [-0.15, -0.1) is 0 Å². The number of aliphatic imine (C=N–C) groups is 1. The fraction of sp³-hybridized carbons (Fsp3) is 0.333. The molecule has 0 aliphatic carbocycles. The van der Waals surface area contributed by atoms with Crippen LogP contribution in [0.25, 0.3) is 0 Å². The fourth-order valence-electron chi connectivity index (χ4n) is 2.16. The van der Waals surface area contributed by atoms with Crippen molar-refractivity contribution in [3.05, 3.63) is 58.7 Å². The summed E-state index contributed by atoms with van der Waals surface area (Å²) < 4.78 is 5.06. The van der Waals surface area contributed by atoms with Gasteiger partial charge in [0, 0.05) is 30.4 Å². The van der Waals surface area contributed by atoms with Gasteiger partial charge in [0.2, 0.25) is 5.88 Å². The molecule has 0 unspecified atom stereocenters. The largest absolute Gasteiger partial charge is 0.481 e. The molecule has 1 aromatic heterocycles. The van der Waals surface area contributed by atoms with Gasteiger partial charge in [-0.3, -0.25) is 0 Å². The van der Waals surface area contributed by atoms with E-state index in [9.17, 15) is 0 Å².